The van der Waals surface area contributed by atoms with E-state index in [-0.39, 0.29) is 0 Å². The quantitative estimate of drug-likeness (QED) is 0.920. The van der Waals surface area contributed by atoms with Crippen molar-refractivity contribution in [3.05, 3.63) is 6.33 Å². The van der Waals surface area contributed by atoms with E-state index in [0.717, 1.165) is 35.4 Å². The van der Waals surface area contributed by atoms with Crippen LogP contribution in [-0.4, -0.2) is 39.2 Å². The highest BCUT2D eigenvalue weighted by atomic mass is 15.3. The molecule has 1 saturated carbocycles. The van der Waals surface area contributed by atoms with Crippen LogP contribution in [-0.2, 0) is 7.05 Å². The molecule has 2 aromatic rings. The Morgan fingerprint density at radius 2 is 2.05 bits per heavy atom. The molecule has 1 N–H and O–H groups in total. The van der Waals surface area contributed by atoms with Crippen molar-refractivity contribution in [2.45, 2.75) is 45.6 Å². The molecule has 0 radical (unpaired) electrons. The van der Waals surface area contributed by atoms with Crippen molar-refractivity contribution >= 4 is 22.9 Å². The summed E-state index contributed by atoms with van der Waals surface area (Å²) >= 11 is 0. The van der Waals surface area contributed by atoms with E-state index in [1.807, 2.05) is 11.6 Å². The van der Waals surface area contributed by atoms with Gasteiger partial charge in [-0.05, 0) is 32.6 Å². The molecule has 22 heavy (non-hydrogen) atoms. The zero-order valence-electron chi connectivity index (χ0n) is 14.0. The molecule has 0 aromatic carbocycles. The zero-order chi connectivity index (χ0) is 15.7. The molecule has 0 spiro atoms. The van der Waals surface area contributed by atoms with Crippen molar-refractivity contribution in [2.75, 3.05) is 23.8 Å². The molecule has 1 aliphatic rings. The monoisotopic (exact) mass is 302 g/mol. The summed E-state index contributed by atoms with van der Waals surface area (Å²) < 4.78 is 2.04. The minimum absolute atomic E-state index is 0.387. The van der Waals surface area contributed by atoms with Crippen LogP contribution in [0.5, 0.6) is 0 Å². The van der Waals surface area contributed by atoms with Crippen molar-refractivity contribution < 1.29 is 0 Å². The number of nitrogens with zero attached hydrogens (tertiary/aromatic N) is 5. The summed E-state index contributed by atoms with van der Waals surface area (Å²) in [5.74, 6) is 2.55. The molecule has 0 saturated heterocycles. The number of hydrogen-bond acceptors (Lipinski definition) is 5. The van der Waals surface area contributed by atoms with E-state index >= 15 is 0 Å². The first-order valence-electron chi connectivity index (χ1n) is 8.22. The van der Waals surface area contributed by atoms with E-state index in [4.69, 9.17) is 4.98 Å². The van der Waals surface area contributed by atoms with Gasteiger partial charge in [-0.2, -0.15) is 0 Å². The molecule has 3 rings (SSSR count). The van der Waals surface area contributed by atoms with E-state index in [9.17, 15) is 0 Å². The maximum absolute atomic E-state index is 4.78. The molecule has 2 aromatic heterocycles. The Kier molecular flexibility index (Phi) is 4.18. The number of imidazole rings is 1. The number of nitrogens with one attached hydrogen (secondary N) is 1. The third kappa shape index (κ3) is 2.74. The van der Waals surface area contributed by atoms with E-state index in [2.05, 4.69) is 41.1 Å². The highest BCUT2D eigenvalue weighted by Crippen LogP contribution is 2.27. The van der Waals surface area contributed by atoms with Gasteiger partial charge in [0.2, 0.25) is 5.95 Å². The summed E-state index contributed by atoms with van der Waals surface area (Å²) in [4.78, 5) is 15.8. The topological polar surface area (TPSA) is 58.9 Å². The second-order valence-electron chi connectivity index (χ2n) is 6.60. The third-order valence-electron chi connectivity index (χ3n) is 4.76. The summed E-state index contributed by atoms with van der Waals surface area (Å²) in [5, 5.41) is 3.49. The predicted molar refractivity (Wildman–Crippen MR) is 90.3 cm³/mol. The molecule has 1 fully saturated rings. The minimum Gasteiger partial charge on any atom is -0.368 e. The Morgan fingerprint density at radius 1 is 1.32 bits per heavy atom. The molecule has 2 heterocycles. The lowest BCUT2D eigenvalue weighted by atomic mass is 10.1. The standard InChI is InChI=1S/C16H26N6/c1-11(2)21(3)16-20-13-14(17-9-12-7-5-6-8-12)18-10-19-15(13)22(16)4/h10-12H,5-9H2,1-4H3,(H,17,18,19). The Hall–Kier alpha value is -1.85. The summed E-state index contributed by atoms with van der Waals surface area (Å²) in [6, 6.07) is 0.387. The van der Waals surface area contributed by atoms with Crippen molar-refractivity contribution in [3.63, 3.8) is 0 Å². The summed E-state index contributed by atoms with van der Waals surface area (Å²) in [6.45, 7) is 5.30. The van der Waals surface area contributed by atoms with Gasteiger partial charge in [0.15, 0.2) is 17.0 Å². The van der Waals surface area contributed by atoms with Crippen LogP contribution >= 0.6 is 0 Å². The third-order valence-corrected chi connectivity index (χ3v) is 4.76. The fraction of sp³-hybridized carbons (Fsp3) is 0.688. The highest BCUT2D eigenvalue weighted by Gasteiger charge is 2.19. The maximum Gasteiger partial charge on any atom is 0.207 e. The molecule has 0 amide bonds. The zero-order valence-corrected chi connectivity index (χ0v) is 14.0. The van der Waals surface area contributed by atoms with E-state index in [1.165, 1.54) is 25.7 Å². The lowest BCUT2D eigenvalue weighted by Gasteiger charge is -2.22. The SMILES string of the molecule is CC(C)N(C)c1nc2c(NCC3CCCC3)ncnc2n1C. The van der Waals surface area contributed by atoms with Gasteiger partial charge in [-0.25, -0.2) is 15.0 Å². The van der Waals surface area contributed by atoms with Gasteiger partial charge in [-0.1, -0.05) is 12.8 Å². The molecule has 0 atom stereocenters. The number of anilines is 2. The fourth-order valence-corrected chi connectivity index (χ4v) is 3.12. The van der Waals surface area contributed by atoms with E-state index < -0.39 is 0 Å². The normalized spacial score (nSPS) is 15.9. The van der Waals surface area contributed by atoms with Gasteiger partial charge >= 0.3 is 0 Å². The van der Waals surface area contributed by atoms with Gasteiger partial charge in [-0.15, -0.1) is 0 Å². The van der Waals surface area contributed by atoms with Crippen LogP contribution in [0.3, 0.4) is 0 Å². The lowest BCUT2D eigenvalue weighted by molar-refractivity contribution is 0.579. The number of fused-ring (bicyclic) bond motifs is 1. The fourth-order valence-electron chi connectivity index (χ4n) is 3.12. The Bertz CT molecular complexity index is 641. The van der Waals surface area contributed by atoms with Crippen LogP contribution in [0.2, 0.25) is 0 Å². The highest BCUT2D eigenvalue weighted by molar-refractivity contribution is 5.85. The van der Waals surface area contributed by atoms with Gasteiger partial charge in [0, 0.05) is 26.7 Å². The van der Waals surface area contributed by atoms with Gasteiger partial charge in [0.25, 0.3) is 0 Å². The van der Waals surface area contributed by atoms with Crippen LogP contribution in [0.15, 0.2) is 6.33 Å². The maximum atomic E-state index is 4.78. The second kappa shape index (κ2) is 6.10. The van der Waals surface area contributed by atoms with Gasteiger partial charge < -0.3 is 10.2 Å². The van der Waals surface area contributed by atoms with Gasteiger partial charge in [-0.3, -0.25) is 4.57 Å². The molecular weight excluding hydrogens is 276 g/mol. The summed E-state index contributed by atoms with van der Waals surface area (Å²) in [6.07, 6.45) is 6.99. The van der Waals surface area contributed by atoms with Crippen molar-refractivity contribution in [1.29, 1.82) is 0 Å². The number of aromatic nitrogens is 4. The Labute approximate surface area is 132 Å². The average molecular weight is 302 g/mol. The minimum atomic E-state index is 0.387. The van der Waals surface area contributed by atoms with Crippen LogP contribution in [0.4, 0.5) is 11.8 Å². The van der Waals surface area contributed by atoms with Crippen LogP contribution < -0.4 is 10.2 Å². The molecule has 0 bridgehead atoms. The number of rotatable bonds is 5. The van der Waals surface area contributed by atoms with Crippen molar-refractivity contribution in [1.82, 2.24) is 19.5 Å². The van der Waals surface area contributed by atoms with E-state index in [1.54, 1.807) is 6.33 Å². The van der Waals surface area contributed by atoms with Crippen molar-refractivity contribution in [3.8, 4) is 0 Å². The number of aryl methyl sites for hydroxylation is 1. The first-order chi connectivity index (χ1) is 10.6. The first kappa shape index (κ1) is 15.1. The predicted octanol–water partition coefficient (Wildman–Crippen LogP) is 2.81. The molecule has 1 aliphatic carbocycles. The first-order valence-corrected chi connectivity index (χ1v) is 8.22. The van der Waals surface area contributed by atoms with Crippen LogP contribution in [0, 0.1) is 5.92 Å². The molecule has 6 nitrogen and oxygen atoms in total. The molecule has 0 aliphatic heterocycles. The largest absolute Gasteiger partial charge is 0.368 e. The molecule has 120 valence electrons. The second-order valence-corrected chi connectivity index (χ2v) is 6.60. The van der Waals surface area contributed by atoms with Gasteiger partial charge in [0.05, 0.1) is 0 Å². The van der Waals surface area contributed by atoms with Gasteiger partial charge in [0.1, 0.15) is 6.33 Å². The number of hydrogen-bond donors (Lipinski definition) is 1. The summed E-state index contributed by atoms with van der Waals surface area (Å²) in [7, 11) is 4.07. The molecule has 0 unspecified atom stereocenters. The van der Waals surface area contributed by atoms with E-state index in [0.29, 0.717) is 6.04 Å². The Morgan fingerprint density at radius 3 is 2.73 bits per heavy atom. The van der Waals surface area contributed by atoms with Crippen LogP contribution in [0.1, 0.15) is 39.5 Å². The molecular formula is C16H26N6. The lowest BCUT2D eigenvalue weighted by Crippen LogP contribution is -2.28. The van der Waals surface area contributed by atoms with Crippen LogP contribution in [0.25, 0.3) is 11.2 Å². The molecule has 6 heteroatoms. The average Bonchev–Trinajstić information content (AvgIpc) is 3.13. The smallest absolute Gasteiger partial charge is 0.207 e. The van der Waals surface area contributed by atoms with Crippen molar-refractivity contribution in [2.24, 2.45) is 13.0 Å². The summed E-state index contributed by atoms with van der Waals surface area (Å²) in [5.41, 5.74) is 1.75. The Balaban J connectivity index is 1.89.